The number of hydrogen-bond acceptors (Lipinski definition) is 3. The van der Waals surface area contributed by atoms with Crippen molar-refractivity contribution in [1.82, 2.24) is 4.90 Å². The van der Waals surface area contributed by atoms with E-state index < -0.39 is 11.6 Å². The zero-order valence-corrected chi connectivity index (χ0v) is 16.9. The SMILES string of the molecule is Cc1ccccc1NC(=O)C1C(=O)N(C)C23CCCCC2C1c1ccccc1O3. The van der Waals surface area contributed by atoms with Crippen molar-refractivity contribution in [3.05, 3.63) is 59.7 Å². The first-order valence-electron chi connectivity index (χ1n) is 10.4. The largest absolute Gasteiger partial charge is 0.467 e. The summed E-state index contributed by atoms with van der Waals surface area (Å²) in [7, 11) is 1.80. The number of carbonyl (C=O) groups excluding carboxylic acids is 2. The highest BCUT2D eigenvalue weighted by atomic mass is 16.5. The van der Waals surface area contributed by atoms with E-state index in [0.29, 0.717) is 0 Å². The van der Waals surface area contributed by atoms with Crippen LogP contribution in [0.25, 0.3) is 0 Å². The number of piperidine rings is 1. The number of carbonyl (C=O) groups is 2. The van der Waals surface area contributed by atoms with E-state index in [1.54, 1.807) is 11.9 Å². The third kappa shape index (κ3) is 2.60. The van der Waals surface area contributed by atoms with Gasteiger partial charge in [0.15, 0.2) is 5.72 Å². The quantitative estimate of drug-likeness (QED) is 0.786. The number of anilines is 1. The molecule has 4 unspecified atom stereocenters. The molecular weight excluding hydrogens is 364 g/mol. The van der Waals surface area contributed by atoms with Gasteiger partial charge in [-0.2, -0.15) is 0 Å². The number of benzene rings is 2. The highest BCUT2D eigenvalue weighted by molar-refractivity contribution is 6.08. The lowest BCUT2D eigenvalue weighted by atomic mass is 9.61. The summed E-state index contributed by atoms with van der Waals surface area (Å²) in [6, 6.07) is 15.6. The molecule has 1 saturated carbocycles. The molecule has 29 heavy (non-hydrogen) atoms. The van der Waals surface area contributed by atoms with Gasteiger partial charge in [-0.15, -0.1) is 0 Å². The van der Waals surface area contributed by atoms with Gasteiger partial charge in [0.05, 0.1) is 0 Å². The first-order chi connectivity index (χ1) is 14.0. The number of para-hydroxylation sites is 2. The number of nitrogens with zero attached hydrogens (tertiary/aromatic N) is 1. The minimum Gasteiger partial charge on any atom is -0.467 e. The first kappa shape index (κ1) is 18.2. The molecule has 2 amide bonds. The fourth-order valence-electron chi connectivity index (χ4n) is 5.64. The molecule has 0 spiro atoms. The van der Waals surface area contributed by atoms with Crippen LogP contribution in [0.4, 0.5) is 5.69 Å². The maximum atomic E-state index is 13.5. The smallest absolute Gasteiger partial charge is 0.238 e. The molecule has 2 aliphatic heterocycles. The Kier molecular flexibility index (Phi) is 4.16. The number of ether oxygens (including phenoxy) is 1. The molecule has 0 radical (unpaired) electrons. The summed E-state index contributed by atoms with van der Waals surface area (Å²) < 4.78 is 6.52. The molecule has 1 aliphatic carbocycles. The summed E-state index contributed by atoms with van der Waals surface area (Å²) in [5.74, 6) is -0.343. The van der Waals surface area contributed by atoms with E-state index in [2.05, 4.69) is 5.32 Å². The fraction of sp³-hybridized carbons (Fsp3) is 0.417. The lowest BCUT2D eigenvalue weighted by Crippen LogP contribution is -2.70. The number of hydrogen-bond donors (Lipinski definition) is 1. The van der Waals surface area contributed by atoms with Crippen LogP contribution in [-0.4, -0.2) is 29.5 Å². The van der Waals surface area contributed by atoms with Crippen LogP contribution in [0, 0.1) is 18.8 Å². The molecule has 2 heterocycles. The summed E-state index contributed by atoms with van der Waals surface area (Å²) in [6.07, 6.45) is 3.91. The van der Waals surface area contributed by atoms with Crippen LogP contribution >= 0.6 is 0 Å². The second-order valence-corrected chi connectivity index (χ2v) is 8.54. The van der Waals surface area contributed by atoms with Crippen molar-refractivity contribution < 1.29 is 14.3 Å². The van der Waals surface area contributed by atoms with Gasteiger partial charge in [-0.1, -0.05) is 42.8 Å². The second kappa shape index (κ2) is 6.61. The predicted octanol–water partition coefficient (Wildman–Crippen LogP) is 4.08. The number of likely N-dealkylation sites (tertiary alicyclic amines) is 1. The normalized spacial score (nSPS) is 30.1. The van der Waals surface area contributed by atoms with Crippen molar-refractivity contribution in [1.29, 1.82) is 0 Å². The van der Waals surface area contributed by atoms with Crippen LogP contribution < -0.4 is 10.1 Å². The molecule has 1 saturated heterocycles. The Bertz CT molecular complexity index is 988. The van der Waals surface area contributed by atoms with Gasteiger partial charge < -0.3 is 15.0 Å². The van der Waals surface area contributed by atoms with E-state index in [1.165, 1.54) is 0 Å². The van der Waals surface area contributed by atoms with Gasteiger partial charge in [-0.05, 0) is 43.0 Å². The van der Waals surface area contributed by atoms with E-state index in [-0.39, 0.29) is 23.7 Å². The average molecular weight is 390 g/mol. The van der Waals surface area contributed by atoms with Crippen LogP contribution in [0.5, 0.6) is 5.75 Å². The Balaban J connectivity index is 1.60. The maximum Gasteiger partial charge on any atom is 0.238 e. The lowest BCUT2D eigenvalue weighted by molar-refractivity contribution is -0.201. The second-order valence-electron chi connectivity index (χ2n) is 8.54. The molecule has 3 aliphatic rings. The summed E-state index contributed by atoms with van der Waals surface area (Å²) >= 11 is 0. The minimum absolute atomic E-state index is 0.126. The lowest BCUT2D eigenvalue weighted by Gasteiger charge is -2.59. The summed E-state index contributed by atoms with van der Waals surface area (Å²) in [5.41, 5.74) is 2.10. The van der Waals surface area contributed by atoms with E-state index >= 15 is 0 Å². The molecule has 5 rings (SSSR count). The van der Waals surface area contributed by atoms with Gasteiger partial charge in [0.25, 0.3) is 0 Å². The minimum atomic E-state index is -0.749. The van der Waals surface area contributed by atoms with E-state index in [4.69, 9.17) is 4.74 Å². The molecule has 2 fully saturated rings. The van der Waals surface area contributed by atoms with E-state index in [9.17, 15) is 9.59 Å². The van der Waals surface area contributed by atoms with E-state index in [1.807, 2.05) is 55.5 Å². The van der Waals surface area contributed by atoms with Gasteiger partial charge >= 0.3 is 0 Å². The van der Waals surface area contributed by atoms with Gasteiger partial charge in [0, 0.05) is 31.0 Å². The Hall–Kier alpha value is -2.82. The molecule has 2 bridgehead atoms. The molecule has 150 valence electrons. The Labute approximate surface area is 171 Å². The highest BCUT2D eigenvalue weighted by Gasteiger charge is 2.63. The number of amides is 2. The van der Waals surface area contributed by atoms with Crippen LogP contribution in [-0.2, 0) is 9.59 Å². The predicted molar refractivity (Wildman–Crippen MR) is 111 cm³/mol. The standard InChI is InChI=1S/C24H26N2O3/c1-15-9-3-5-12-18(15)25-22(27)21-20-16-10-4-6-13-19(16)29-24(26(2)23(21)28)14-8-7-11-17(20)24/h3-6,9-10,12-13,17,20-21H,7-8,11,14H2,1-2H3,(H,25,27). The van der Waals surface area contributed by atoms with Crippen molar-refractivity contribution in [2.24, 2.45) is 11.8 Å². The van der Waals surface area contributed by atoms with Crippen LogP contribution in [0.2, 0.25) is 0 Å². The van der Waals surface area contributed by atoms with Crippen LogP contribution in [0.3, 0.4) is 0 Å². The van der Waals surface area contributed by atoms with Gasteiger partial charge in [0.1, 0.15) is 11.7 Å². The highest BCUT2D eigenvalue weighted by Crippen LogP contribution is 2.58. The van der Waals surface area contributed by atoms with Gasteiger partial charge in [0.2, 0.25) is 11.8 Å². The van der Waals surface area contributed by atoms with Crippen molar-refractivity contribution in [2.45, 2.75) is 44.2 Å². The molecule has 4 atom stereocenters. The Morgan fingerprint density at radius 2 is 1.90 bits per heavy atom. The molecule has 5 nitrogen and oxygen atoms in total. The molecule has 0 aromatic heterocycles. The summed E-state index contributed by atoms with van der Waals surface area (Å²) in [4.78, 5) is 28.7. The van der Waals surface area contributed by atoms with E-state index in [0.717, 1.165) is 48.2 Å². The zero-order valence-electron chi connectivity index (χ0n) is 16.9. The molecule has 2 aromatic carbocycles. The number of aryl methyl sites for hydroxylation is 1. The molecule has 1 N–H and O–H groups in total. The number of fused-ring (bicyclic) bond motifs is 2. The molecule has 2 aromatic rings. The maximum absolute atomic E-state index is 13.5. The summed E-state index contributed by atoms with van der Waals surface area (Å²) in [6.45, 7) is 1.96. The molecule has 5 heteroatoms. The van der Waals surface area contributed by atoms with Crippen molar-refractivity contribution >= 4 is 17.5 Å². The van der Waals surface area contributed by atoms with Crippen LogP contribution in [0.1, 0.15) is 42.7 Å². The summed E-state index contributed by atoms with van der Waals surface area (Å²) in [5, 5.41) is 3.03. The third-order valence-electron chi connectivity index (χ3n) is 7.09. The third-order valence-corrected chi connectivity index (χ3v) is 7.09. The monoisotopic (exact) mass is 390 g/mol. The van der Waals surface area contributed by atoms with Crippen molar-refractivity contribution in [3.63, 3.8) is 0 Å². The van der Waals surface area contributed by atoms with Crippen molar-refractivity contribution in [3.8, 4) is 5.75 Å². The van der Waals surface area contributed by atoms with Crippen molar-refractivity contribution in [2.75, 3.05) is 12.4 Å². The number of nitrogens with one attached hydrogen (secondary N) is 1. The zero-order chi connectivity index (χ0) is 20.2. The Morgan fingerprint density at radius 3 is 2.72 bits per heavy atom. The topological polar surface area (TPSA) is 58.6 Å². The first-order valence-corrected chi connectivity index (χ1v) is 10.4. The average Bonchev–Trinajstić information content (AvgIpc) is 2.73. The molecular formula is C24H26N2O3. The van der Waals surface area contributed by atoms with Gasteiger partial charge in [-0.3, -0.25) is 9.59 Å². The van der Waals surface area contributed by atoms with Gasteiger partial charge in [-0.25, -0.2) is 0 Å². The Morgan fingerprint density at radius 1 is 1.14 bits per heavy atom. The number of rotatable bonds is 2. The fourth-order valence-corrected chi connectivity index (χ4v) is 5.64. The van der Waals surface area contributed by atoms with Crippen LogP contribution in [0.15, 0.2) is 48.5 Å².